The molecule has 5 heterocycles. The van der Waals surface area contributed by atoms with Gasteiger partial charge in [-0.15, -0.1) is 22.7 Å². The van der Waals surface area contributed by atoms with Crippen molar-refractivity contribution in [2.24, 2.45) is 0 Å². The zero-order valence-corrected chi connectivity index (χ0v) is 47.9. The number of rotatable bonds is 13. The molecule has 1 atom stereocenters. The Hall–Kier alpha value is -5.16. The van der Waals surface area contributed by atoms with Crippen molar-refractivity contribution in [1.82, 2.24) is 19.1 Å². The molecule has 1 saturated heterocycles. The molecule has 9 rings (SSSR count). The normalized spacial score (nSPS) is 13.2. The predicted octanol–water partition coefficient (Wildman–Crippen LogP) is 4.76. The average molecular weight is 1170 g/mol. The fourth-order valence-electron chi connectivity index (χ4n) is 7.44. The maximum atomic E-state index is 14.2. The number of ketones is 1. The number of halogens is 4. The van der Waals surface area contributed by atoms with E-state index in [9.17, 15) is 54.4 Å². The minimum atomic E-state index is -4.17. The summed E-state index contributed by atoms with van der Waals surface area (Å²) in [6, 6.07) is 21.9. The van der Waals surface area contributed by atoms with E-state index in [0.29, 0.717) is 21.6 Å². The Bertz CT molecular complexity index is 3670. The molecule has 388 valence electrons. The maximum absolute atomic E-state index is 14.2. The number of carbonyl (C=O) groups excluding carboxylic acids is 2. The molecule has 4 aromatic heterocycles. The molecule has 18 nitrogen and oxygen atoms in total. The summed E-state index contributed by atoms with van der Waals surface area (Å²) < 4.78 is 88.0. The maximum Gasteiger partial charge on any atom is 1.00 e. The molecule has 1 aliphatic rings. The van der Waals surface area contributed by atoms with Gasteiger partial charge in [0.05, 0.1) is 65.2 Å². The van der Waals surface area contributed by atoms with E-state index in [-0.39, 0.29) is 122 Å². The number of nitrogens with zero attached hydrogens (tertiary/aromatic N) is 3. The van der Waals surface area contributed by atoms with Crippen LogP contribution >= 0.6 is 45.9 Å². The number of Topliss-reactive ketones (excluding diaryl/α,β-unsaturated/α-hetero) is 1. The second kappa shape index (κ2) is 25.3. The van der Waals surface area contributed by atoms with Gasteiger partial charge >= 0.3 is 62.8 Å². The van der Waals surface area contributed by atoms with Crippen LogP contribution in [0.25, 0.3) is 37.9 Å². The molecule has 0 radical (unpaired) electrons. The van der Waals surface area contributed by atoms with E-state index in [1.54, 1.807) is 0 Å². The number of sulfone groups is 1. The molecule has 1 amide bonds. The second-order valence-corrected chi connectivity index (χ2v) is 23.8. The summed E-state index contributed by atoms with van der Waals surface area (Å²) >= 11 is 13.2. The standard InChI is InChI=1S/C22H17ClFN3O5S2.C21H16ClFN4O5S2.C5H10O.K/c1-25-18-10-17-15(9-16(18)24)21(29)27(22(30)26-17)13-4-2-12(3-5-13)8-14(28)11-34(31,32)20-7-6-19(23)33-20;1-24-16-10-15-13(9-14(16)23)20(29)27(21(30)25-15)12-4-2-11(3-5-12)8-18(28)26-34(31,32)19-7-6-17(22)33-19;1-5-3-2-4-6-5;/h2-7,9-10,25H,8,11H2,1H3,(H,26,30);2-7,9-10H,8H2,1H3,(H3,24,25,26,28,29,30);5H,2-4H2,1H3;/q;;;+1/p-1. The molecular formula is C48H42Cl2F2KN7O11S4. The van der Waals surface area contributed by atoms with E-state index in [1.165, 1.54) is 112 Å². The molecule has 0 spiro atoms. The Balaban J connectivity index is 0.000000216. The first kappa shape index (κ1) is 59.1. The molecule has 0 aliphatic carbocycles. The van der Waals surface area contributed by atoms with Crippen molar-refractivity contribution in [1.29, 1.82) is 0 Å². The van der Waals surface area contributed by atoms with Crippen LogP contribution in [-0.4, -0.2) is 80.2 Å². The van der Waals surface area contributed by atoms with Crippen LogP contribution in [0.4, 0.5) is 20.2 Å². The van der Waals surface area contributed by atoms with Gasteiger partial charge in [-0.25, -0.2) is 44.3 Å². The molecule has 1 aliphatic heterocycles. The molecule has 0 bridgehead atoms. The number of nitrogens with one attached hydrogen (secondary N) is 4. The quantitative estimate of drug-likeness (QED) is 0.114. The molecule has 0 saturated carbocycles. The van der Waals surface area contributed by atoms with Crippen LogP contribution in [0, 0.1) is 11.6 Å². The first-order valence-corrected chi connectivity index (χ1v) is 27.4. The number of hydrogen-bond donors (Lipinski definition) is 4. The number of carbonyl (C=O) groups is 2. The Morgan fingerprint density at radius 2 is 1.16 bits per heavy atom. The van der Waals surface area contributed by atoms with Crippen molar-refractivity contribution >= 4 is 111 Å². The van der Waals surface area contributed by atoms with Crippen LogP contribution in [0.15, 0.2) is 125 Å². The summed E-state index contributed by atoms with van der Waals surface area (Å²) in [5.41, 5.74) is -0.937. The molecule has 1 fully saturated rings. The molecule has 27 heteroatoms. The van der Waals surface area contributed by atoms with Gasteiger partial charge in [-0.3, -0.25) is 14.4 Å². The molecule has 1 unspecified atom stereocenters. The van der Waals surface area contributed by atoms with Gasteiger partial charge in [0.25, 0.3) is 11.1 Å². The third kappa shape index (κ3) is 14.5. The van der Waals surface area contributed by atoms with Crippen molar-refractivity contribution in [3.63, 3.8) is 0 Å². The van der Waals surface area contributed by atoms with Crippen molar-refractivity contribution in [3.05, 3.63) is 175 Å². The Kier molecular flexibility index (Phi) is 20.0. The third-order valence-corrected chi connectivity index (χ3v) is 17.5. The van der Waals surface area contributed by atoms with Gasteiger partial charge in [-0.05, 0) is 104 Å². The van der Waals surface area contributed by atoms with Crippen molar-refractivity contribution in [3.8, 4) is 11.4 Å². The number of anilines is 2. The van der Waals surface area contributed by atoms with Gasteiger partial charge in [0.2, 0.25) is 0 Å². The van der Waals surface area contributed by atoms with Gasteiger partial charge in [0.15, 0.2) is 15.6 Å². The van der Waals surface area contributed by atoms with Gasteiger partial charge < -0.3 is 34.9 Å². The van der Waals surface area contributed by atoms with Crippen LogP contribution < -0.4 is 84.5 Å². The topological polar surface area (TPSA) is 260 Å². The SMILES string of the molecule is CC1CCCO1.CNc1cc2[nH]c(=O)n(-c3ccc(CC(=O)CS(=O)(=O)c4ccc(Cl)s4)cc3)c(=O)c2cc1F.CNc1cc2[nH]c(=O)n(-c3ccc(CC(=O)[N-]S(=O)(=O)c4ccc(Cl)s4)cc3)c(=O)c2cc1F.[K+]. The number of fused-ring (bicyclic) bond motifs is 2. The van der Waals surface area contributed by atoms with Gasteiger partial charge in [0.1, 0.15) is 35.8 Å². The summed E-state index contributed by atoms with van der Waals surface area (Å²) in [4.78, 5) is 80.5. The fourth-order valence-corrected chi connectivity index (χ4v) is 12.6. The number of benzene rings is 4. The number of H-pyrrole nitrogens is 2. The van der Waals surface area contributed by atoms with Crippen molar-refractivity contribution in [2.45, 2.75) is 47.1 Å². The minimum absolute atomic E-state index is 0. The number of hydrogen-bond acceptors (Lipinski definition) is 15. The largest absolute Gasteiger partial charge is 1.00 e. The average Bonchev–Trinajstić information content (AvgIpc) is 4.14. The monoisotopic (exact) mass is 1170 g/mol. The van der Waals surface area contributed by atoms with Crippen LogP contribution in [-0.2, 0) is 47.0 Å². The van der Waals surface area contributed by atoms with Crippen molar-refractivity contribution < 1.29 is 91.3 Å². The molecule has 8 aromatic rings. The number of sulfonamides is 1. The Morgan fingerprint density at radius 1 is 0.707 bits per heavy atom. The van der Waals surface area contributed by atoms with Crippen LogP contribution in [0.5, 0.6) is 0 Å². The zero-order chi connectivity index (χ0) is 53.6. The zero-order valence-electron chi connectivity index (χ0n) is 40.0. The van der Waals surface area contributed by atoms with Crippen LogP contribution in [0.3, 0.4) is 0 Å². The van der Waals surface area contributed by atoms with Gasteiger partial charge in [0, 0.05) is 33.5 Å². The van der Waals surface area contributed by atoms with Gasteiger partial charge in [-0.2, -0.15) is 0 Å². The van der Waals surface area contributed by atoms with E-state index >= 15 is 0 Å². The molecule has 4 aromatic carbocycles. The molecule has 4 N–H and O–H groups in total. The number of amides is 1. The van der Waals surface area contributed by atoms with Crippen molar-refractivity contribution in [2.75, 3.05) is 37.1 Å². The van der Waals surface area contributed by atoms with Crippen LogP contribution in [0.2, 0.25) is 8.67 Å². The van der Waals surface area contributed by atoms with E-state index in [0.717, 1.165) is 50.5 Å². The number of aromatic amines is 2. The number of aromatic nitrogens is 4. The number of ether oxygens (including phenoxy) is 1. The Labute approximate surface area is 486 Å². The predicted molar refractivity (Wildman–Crippen MR) is 283 cm³/mol. The summed E-state index contributed by atoms with van der Waals surface area (Å²) in [5.74, 6) is -3.37. The summed E-state index contributed by atoms with van der Waals surface area (Å²) in [6.45, 7) is 3.11. The second-order valence-electron chi connectivity index (χ2n) is 16.3. The van der Waals surface area contributed by atoms with E-state index in [2.05, 4.69) is 32.2 Å². The fraction of sp³-hybridized carbons (Fsp3) is 0.208. The van der Waals surface area contributed by atoms with E-state index in [1.807, 2.05) is 0 Å². The third-order valence-electron chi connectivity index (χ3n) is 11.0. The van der Waals surface area contributed by atoms with E-state index in [4.69, 9.17) is 27.9 Å². The summed E-state index contributed by atoms with van der Waals surface area (Å²) in [7, 11) is -4.93. The molecule has 75 heavy (non-hydrogen) atoms. The molecular weight excluding hydrogens is 1130 g/mol. The first-order valence-electron chi connectivity index (χ1n) is 22.0. The van der Waals surface area contributed by atoms with Crippen LogP contribution in [0.1, 0.15) is 30.9 Å². The summed E-state index contributed by atoms with van der Waals surface area (Å²) in [5, 5.41) is 5.25. The minimum Gasteiger partial charge on any atom is -0.541 e. The summed E-state index contributed by atoms with van der Waals surface area (Å²) in [6.07, 6.45) is 2.60. The van der Waals surface area contributed by atoms with E-state index < -0.39 is 71.4 Å². The number of thiophene rings is 2. The van der Waals surface area contributed by atoms with Gasteiger partial charge in [-0.1, -0.05) is 47.5 Å². The Morgan fingerprint density at radius 3 is 1.55 bits per heavy atom. The first-order chi connectivity index (χ1) is 35.1. The smallest absolute Gasteiger partial charge is 0.541 e.